The number of piperidine rings is 4. The molecule has 5 rings (SSSR count). The number of nitrogens with zero attached hydrogens (tertiary/aromatic N) is 4. The summed E-state index contributed by atoms with van der Waals surface area (Å²) in [5.74, 6) is 0. The van der Waals surface area contributed by atoms with Crippen molar-refractivity contribution in [1.82, 2.24) is 19.6 Å². The third-order valence-corrected chi connectivity index (χ3v) is 15.6. The van der Waals surface area contributed by atoms with Gasteiger partial charge in [0.05, 0.1) is 82.2 Å². The van der Waals surface area contributed by atoms with Crippen molar-refractivity contribution in [1.29, 1.82) is 0 Å². The molecule has 95 heavy (non-hydrogen) atoms. The predicted octanol–water partition coefficient (Wildman–Crippen LogP) is 12.1. The maximum atomic E-state index is 11.9. The van der Waals surface area contributed by atoms with Gasteiger partial charge in [-0.15, -0.1) is 0 Å². The molecule has 0 spiro atoms. The molecule has 556 valence electrons. The fourth-order valence-electron chi connectivity index (χ4n) is 9.08. The number of likely N-dealkylation sites (tertiary alicyclic amines) is 4. The first-order chi connectivity index (χ1) is 44.7. The number of carbonyl (C=O) groups is 4. The van der Waals surface area contributed by atoms with E-state index in [9.17, 15) is 32.7 Å². The van der Waals surface area contributed by atoms with E-state index >= 15 is 0 Å². The van der Waals surface area contributed by atoms with E-state index in [-0.39, 0.29) is 66.9 Å². The highest BCUT2D eigenvalue weighted by atomic mass is 32.2. The molecule has 4 heterocycles. The number of rotatable bonds is 29. The molecule has 0 atom stereocenters. The van der Waals surface area contributed by atoms with Crippen molar-refractivity contribution >= 4 is 34.5 Å². The molecule has 0 saturated carbocycles. The van der Waals surface area contributed by atoms with Gasteiger partial charge in [-0.05, 0) is 179 Å². The van der Waals surface area contributed by atoms with Crippen LogP contribution in [0.15, 0.2) is 29.2 Å². The van der Waals surface area contributed by atoms with Crippen LogP contribution >= 0.6 is 0 Å². The molecule has 2 N–H and O–H groups in total. The van der Waals surface area contributed by atoms with Crippen molar-refractivity contribution in [3.05, 3.63) is 29.8 Å². The molecule has 4 aliphatic rings. The normalized spacial score (nSPS) is 16.4. The number of aliphatic hydroxyl groups is 2. The smallest absolute Gasteiger partial charge is 0.410 e. The number of unbranched alkanes of at least 4 members (excludes halogenated alkanes) is 3. The van der Waals surface area contributed by atoms with Gasteiger partial charge in [0.2, 0.25) is 0 Å². The van der Waals surface area contributed by atoms with Crippen LogP contribution < -0.4 is 0 Å². The van der Waals surface area contributed by atoms with E-state index in [0.717, 1.165) is 95.8 Å². The summed E-state index contributed by atoms with van der Waals surface area (Å²) in [5.41, 5.74) is -0.735. The molecular weight excluding hydrogens is 1250 g/mol. The standard InChI is InChI=1S/2C16H31NO4.C15H29NO5.C13H20O4S.C10H19NO3/c2*1-5-6-11-19-12-13-20-14-7-9-17(10-8-14)15(18)21-16(2,3)4;1-15(2,3)21-14(18)16-7-5-13(6-8-16)20-12-11-19-10-4-9-17;1-3-4-9-16-10-11-17-18(14,15)13-7-5-12(2)6-8-13;1-10(2,3)14-9(13)11-6-4-8(12)5-7-11/h2*14H,5-13H2,1-4H3;13,17H,4-12H2,1-3H3;5-8H,3-4,9-11H2,1-2H3;8,12H,4-7H2,1-3H3. The van der Waals surface area contributed by atoms with E-state index in [4.69, 9.17) is 61.4 Å². The number of benzene rings is 1. The zero-order valence-corrected chi connectivity index (χ0v) is 62.3. The van der Waals surface area contributed by atoms with E-state index in [1.807, 2.05) is 90.0 Å². The Morgan fingerprint density at radius 2 is 0.674 bits per heavy atom. The number of hydrogen-bond acceptors (Lipinski definition) is 20. The molecule has 1 aromatic rings. The Kier molecular flexibility index (Phi) is 46.2. The van der Waals surface area contributed by atoms with Crippen LogP contribution in [0.1, 0.15) is 206 Å². The fourth-order valence-corrected chi connectivity index (χ4v) is 9.97. The molecule has 0 aromatic heterocycles. The van der Waals surface area contributed by atoms with E-state index in [2.05, 4.69) is 20.8 Å². The third-order valence-electron chi connectivity index (χ3n) is 14.3. The molecular formula is C70H130N4O20S. The second-order valence-electron chi connectivity index (χ2n) is 28.0. The van der Waals surface area contributed by atoms with E-state index in [1.165, 1.54) is 0 Å². The number of ether oxygens (including phenoxy) is 11. The molecule has 1 aromatic carbocycles. The monoisotopic (exact) mass is 1380 g/mol. The lowest BCUT2D eigenvalue weighted by Crippen LogP contribution is -2.43. The van der Waals surface area contributed by atoms with Crippen LogP contribution in [-0.2, 0) is 66.4 Å². The quantitative estimate of drug-likeness (QED) is 0.0429. The van der Waals surface area contributed by atoms with Crippen LogP contribution in [0.4, 0.5) is 19.2 Å². The summed E-state index contributed by atoms with van der Waals surface area (Å²) in [6.45, 7) is 43.2. The number of aliphatic hydroxyl groups excluding tert-OH is 2. The molecule has 4 amide bonds. The van der Waals surface area contributed by atoms with Crippen LogP contribution in [0.25, 0.3) is 0 Å². The topological polar surface area (TPSA) is 267 Å². The summed E-state index contributed by atoms with van der Waals surface area (Å²) >= 11 is 0. The van der Waals surface area contributed by atoms with Crippen LogP contribution in [0.5, 0.6) is 0 Å². The number of aryl methyl sites for hydroxylation is 1. The van der Waals surface area contributed by atoms with Crippen molar-refractivity contribution in [3.63, 3.8) is 0 Å². The lowest BCUT2D eigenvalue weighted by Gasteiger charge is -2.33. The van der Waals surface area contributed by atoms with Gasteiger partial charge in [-0.2, -0.15) is 8.42 Å². The van der Waals surface area contributed by atoms with Gasteiger partial charge in [0, 0.05) is 85.4 Å². The molecule has 0 bridgehead atoms. The molecule has 24 nitrogen and oxygen atoms in total. The highest BCUT2D eigenvalue weighted by Gasteiger charge is 2.31. The van der Waals surface area contributed by atoms with Crippen molar-refractivity contribution in [2.75, 3.05) is 138 Å². The average molecular weight is 1380 g/mol. The molecule has 25 heteroatoms. The van der Waals surface area contributed by atoms with Crippen molar-refractivity contribution in [3.8, 4) is 0 Å². The Balaban J connectivity index is 0.000000598. The first-order valence-corrected chi connectivity index (χ1v) is 36.4. The maximum absolute atomic E-state index is 11.9. The SMILES string of the molecule is CC(C)(C)OC(=O)N1CCC(O)CC1.CC(C)(C)OC(=O)N1CCC(OCCOCCCO)CC1.CCCCOCCOC1CCN(C(=O)OC(C)(C)C)CC1.CCCCOCCOC1CCN(C(=O)OC(C)(C)C)CC1.CCCCOCCOS(=O)(=O)c1ccc(C)cc1. The molecule has 4 aliphatic heterocycles. The first-order valence-electron chi connectivity index (χ1n) is 35.0. The summed E-state index contributed by atoms with van der Waals surface area (Å²) < 4.78 is 88.5. The highest BCUT2D eigenvalue weighted by Crippen LogP contribution is 2.22. The van der Waals surface area contributed by atoms with Gasteiger partial charge in [-0.25, -0.2) is 19.2 Å². The Labute approximate surface area is 572 Å². The molecule has 0 unspecified atom stereocenters. The van der Waals surface area contributed by atoms with Gasteiger partial charge in [0.25, 0.3) is 10.1 Å². The van der Waals surface area contributed by atoms with Gasteiger partial charge in [0.15, 0.2) is 0 Å². The lowest BCUT2D eigenvalue weighted by atomic mass is 10.1. The zero-order valence-electron chi connectivity index (χ0n) is 61.5. The van der Waals surface area contributed by atoms with Crippen LogP contribution in [0.3, 0.4) is 0 Å². The van der Waals surface area contributed by atoms with Gasteiger partial charge in [-0.1, -0.05) is 57.7 Å². The van der Waals surface area contributed by atoms with Gasteiger partial charge < -0.3 is 81.9 Å². The largest absolute Gasteiger partial charge is 0.444 e. The van der Waals surface area contributed by atoms with Gasteiger partial charge >= 0.3 is 24.4 Å². The van der Waals surface area contributed by atoms with Crippen molar-refractivity contribution in [2.45, 2.75) is 259 Å². The van der Waals surface area contributed by atoms with E-state index in [0.29, 0.717) is 131 Å². The first kappa shape index (κ1) is 88.9. The molecule has 4 saturated heterocycles. The minimum atomic E-state index is -3.65. The Hall–Kier alpha value is -4.15. The fraction of sp³-hybridized carbons (Fsp3) is 0.857. The van der Waals surface area contributed by atoms with E-state index in [1.54, 1.807) is 43.9 Å². The van der Waals surface area contributed by atoms with Crippen LogP contribution in [0.2, 0.25) is 0 Å². The zero-order chi connectivity index (χ0) is 71.4. The Morgan fingerprint density at radius 1 is 0.411 bits per heavy atom. The summed E-state index contributed by atoms with van der Waals surface area (Å²) in [5, 5.41) is 17.9. The minimum absolute atomic E-state index is 0.0555. The number of amides is 4. The summed E-state index contributed by atoms with van der Waals surface area (Å²) in [6, 6.07) is 6.58. The second-order valence-corrected chi connectivity index (χ2v) is 29.6. The highest BCUT2D eigenvalue weighted by molar-refractivity contribution is 7.86. The molecule has 4 fully saturated rings. The third kappa shape index (κ3) is 47.5. The van der Waals surface area contributed by atoms with Crippen LogP contribution in [0, 0.1) is 6.92 Å². The predicted molar refractivity (Wildman–Crippen MR) is 367 cm³/mol. The number of carbonyl (C=O) groups excluding carboxylic acids is 4. The summed E-state index contributed by atoms with van der Waals surface area (Å²) in [4.78, 5) is 54.4. The Bertz CT molecular complexity index is 2100. The molecule has 0 radical (unpaired) electrons. The minimum Gasteiger partial charge on any atom is -0.444 e. The summed E-state index contributed by atoms with van der Waals surface area (Å²) in [7, 11) is -3.65. The van der Waals surface area contributed by atoms with E-state index < -0.39 is 32.5 Å². The summed E-state index contributed by atoms with van der Waals surface area (Å²) in [6.07, 6.45) is 13.1. The Morgan fingerprint density at radius 3 is 0.937 bits per heavy atom. The van der Waals surface area contributed by atoms with Crippen molar-refractivity contribution < 1.29 is 94.1 Å². The average Bonchev–Trinajstić information content (AvgIpc) is 0.940. The van der Waals surface area contributed by atoms with Gasteiger partial charge in [0.1, 0.15) is 22.4 Å². The van der Waals surface area contributed by atoms with Gasteiger partial charge in [-0.3, -0.25) is 4.18 Å². The molecule has 0 aliphatic carbocycles. The number of hydrogen-bond donors (Lipinski definition) is 2. The lowest BCUT2D eigenvalue weighted by molar-refractivity contribution is -0.0304. The van der Waals surface area contributed by atoms with Crippen molar-refractivity contribution in [2.24, 2.45) is 0 Å². The maximum Gasteiger partial charge on any atom is 0.410 e. The van der Waals surface area contributed by atoms with Crippen LogP contribution in [-0.4, -0.2) is 248 Å². The second kappa shape index (κ2) is 49.4.